The van der Waals surface area contributed by atoms with Crippen molar-refractivity contribution in [2.45, 2.75) is 57.4 Å². The Hall–Kier alpha value is -2.88. The predicted molar refractivity (Wildman–Crippen MR) is 120 cm³/mol. The lowest BCUT2D eigenvalue weighted by Crippen LogP contribution is -2.12. The number of ether oxygens (including phenoxy) is 1. The van der Waals surface area contributed by atoms with E-state index in [4.69, 9.17) is 0 Å². The van der Waals surface area contributed by atoms with Crippen LogP contribution in [0.15, 0.2) is 72.9 Å². The number of carbonyl (C=O) groups is 1. The minimum Gasteiger partial charge on any atom is -0.469 e. The molecule has 3 aromatic rings. The molecule has 0 bridgehead atoms. The number of nitrogens with zero attached hydrogens (tertiary/aromatic N) is 2. The fourth-order valence-corrected chi connectivity index (χ4v) is 3.94. The van der Waals surface area contributed by atoms with Crippen LogP contribution in [0.1, 0.15) is 67.7 Å². The topological polar surface area (TPSA) is 44.1 Å². The number of rotatable bonds is 12. The van der Waals surface area contributed by atoms with Crippen LogP contribution < -0.4 is 0 Å². The first kappa shape index (κ1) is 21.8. The van der Waals surface area contributed by atoms with Gasteiger partial charge in [-0.05, 0) is 30.0 Å². The summed E-state index contributed by atoms with van der Waals surface area (Å²) >= 11 is 0. The highest BCUT2D eigenvalue weighted by atomic mass is 16.5. The zero-order valence-electron chi connectivity index (χ0n) is 17.9. The van der Waals surface area contributed by atoms with Gasteiger partial charge < -0.3 is 4.74 Å². The lowest BCUT2D eigenvalue weighted by molar-refractivity contribution is -0.140. The lowest BCUT2D eigenvalue weighted by atomic mass is 9.88. The average molecular weight is 405 g/mol. The average Bonchev–Trinajstić information content (AvgIpc) is 3.25. The van der Waals surface area contributed by atoms with Crippen molar-refractivity contribution in [3.63, 3.8) is 0 Å². The van der Waals surface area contributed by atoms with Gasteiger partial charge in [0.25, 0.3) is 0 Å². The fourth-order valence-electron chi connectivity index (χ4n) is 3.94. The molecule has 0 aliphatic rings. The van der Waals surface area contributed by atoms with Gasteiger partial charge in [-0.1, -0.05) is 86.3 Å². The molecule has 0 aliphatic carbocycles. The Morgan fingerprint density at radius 2 is 1.40 bits per heavy atom. The third-order valence-corrected chi connectivity index (χ3v) is 5.54. The van der Waals surface area contributed by atoms with E-state index in [2.05, 4.69) is 81.2 Å². The largest absolute Gasteiger partial charge is 0.469 e. The van der Waals surface area contributed by atoms with Crippen LogP contribution in [0.5, 0.6) is 0 Å². The summed E-state index contributed by atoms with van der Waals surface area (Å²) in [6, 6.07) is 23.5. The molecular weight excluding hydrogens is 372 g/mol. The minimum absolute atomic E-state index is 0.104. The van der Waals surface area contributed by atoms with Crippen molar-refractivity contribution in [2.75, 3.05) is 7.11 Å². The first-order valence-corrected chi connectivity index (χ1v) is 11.0. The molecule has 30 heavy (non-hydrogen) atoms. The summed E-state index contributed by atoms with van der Waals surface area (Å²) in [5.74, 6) is 0.0841. The number of carbonyl (C=O) groups excluding carboxylic acids is 1. The molecule has 0 amide bonds. The molecule has 158 valence electrons. The van der Waals surface area contributed by atoms with Gasteiger partial charge in [0.15, 0.2) is 0 Å². The zero-order chi connectivity index (χ0) is 21.0. The molecule has 0 atom stereocenters. The number of benzene rings is 2. The summed E-state index contributed by atoms with van der Waals surface area (Å²) in [4.78, 5) is 11.1. The molecule has 0 fully saturated rings. The van der Waals surface area contributed by atoms with Crippen LogP contribution >= 0.6 is 0 Å². The van der Waals surface area contributed by atoms with Gasteiger partial charge in [-0.3, -0.25) is 9.48 Å². The Morgan fingerprint density at radius 1 is 0.833 bits per heavy atom. The number of aromatic nitrogens is 2. The van der Waals surface area contributed by atoms with Gasteiger partial charge in [-0.15, -0.1) is 0 Å². The molecule has 0 saturated carbocycles. The number of unbranched alkanes of at least 4 members (excludes halogenated alkanes) is 5. The number of hydrogen-bond donors (Lipinski definition) is 0. The minimum atomic E-state index is -0.104. The summed E-state index contributed by atoms with van der Waals surface area (Å²) in [7, 11) is 1.45. The highest BCUT2D eigenvalue weighted by Gasteiger charge is 2.20. The maximum absolute atomic E-state index is 11.1. The summed E-state index contributed by atoms with van der Waals surface area (Å²) in [5, 5.41) is 4.63. The van der Waals surface area contributed by atoms with Gasteiger partial charge in [0.05, 0.1) is 18.7 Å². The summed E-state index contributed by atoms with van der Waals surface area (Å²) in [6.45, 7) is 0.931. The van der Waals surface area contributed by atoms with Crippen LogP contribution in [-0.2, 0) is 16.1 Å². The Kier molecular flexibility index (Phi) is 8.70. The van der Waals surface area contributed by atoms with Crippen LogP contribution in [0, 0.1) is 0 Å². The van der Waals surface area contributed by atoms with Crippen LogP contribution in [0.3, 0.4) is 0 Å². The second-order valence-electron chi connectivity index (χ2n) is 7.68. The highest BCUT2D eigenvalue weighted by molar-refractivity contribution is 5.68. The maximum Gasteiger partial charge on any atom is 0.305 e. The van der Waals surface area contributed by atoms with Crippen molar-refractivity contribution in [1.82, 2.24) is 9.78 Å². The third-order valence-electron chi connectivity index (χ3n) is 5.54. The molecule has 1 heterocycles. The van der Waals surface area contributed by atoms with E-state index in [1.165, 1.54) is 43.2 Å². The maximum atomic E-state index is 11.1. The quantitative estimate of drug-likeness (QED) is 0.276. The van der Waals surface area contributed by atoms with Crippen molar-refractivity contribution in [3.8, 4) is 0 Å². The normalized spacial score (nSPS) is 11.0. The van der Waals surface area contributed by atoms with Gasteiger partial charge in [-0.2, -0.15) is 5.10 Å². The third kappa shape index (κ3) is 6.31. The molecule has 0 saturated heterocycles. The molecule has 1 aromatic heterocycles. The van der Waals surface area contributed by atoms with Crippen LogP contribution in [0.25, 0.3) is 0 Å². The molecule has 2 aromatic carbocycles. The van der Waals surface area contributed by atoms with Crippen LogP contribution in [0.4, 0.5) is 0 Å². The van der Waals surface area contributed by atoms with Crippen molar-refractivity contribution in [1.29, 1.82) is 0 Å². The Balaban J connectivity index is 1.56. The highest BCUT2D eigenvalue weighted by Crippen LogP contribution is 2.31. The number of esters is 1. The number of hydrogen-bond acceptors (Lipinski definition) is 3. The predicted octanol–water partition coefficient (Wildman–Crippen LogP) is 5.97. The van der Waals surface area contributed by atoms with Crippen LogP contribution in [-0.4, -0.2) is 22.9 Å². The molecule has 3 rings (SSSR count). The van der Waals surface area contributed by atoms with E-state index < -0.39 is 0 Å². The molecular formula is C26H32N2O2. The lowest BCUT2D eigenvalue weighted by Gasteiger charge is -2.20. The molecule has 0 spiro atoms. The fraction of sp³-hybridized carbons (Fsp3) is 0.385. The summed E-state index contributed by atoms with van der Waals surface area (Å²) in [5.41, 5.74) is 3.82. The Labute approximate surface area is 179 Å². The van der Waals surface area contributed by atoms with Gasteiger partial charge in [0.1, 0.15) is 0 Å². The molecule has 0 aliphatic heterocycles. The number of methoxy groups -OCH3 is 1. The first-order valence-electron chi connectivity index (χ1n) is 11.0. The first-order chi connectivity index (χ1) is 14.8. The monoisotopic (exact) mass is 404 g/mol. The molecule has 0 unspecified atom stereocenters. The smallest absolute Gasteiger partial charge is 0.305 e. The summed E-state index contributed by atoms with van der Waals surface area (Å²) in [6.07, 6.45) is 9.12. The second kappa shape index (κ2) is 12.0. The van der Waals surface area contributed by atoms with E-state index in [1.807, 2.05) is 6.20 Å². The van der Waals surface area contributed by atoms with E-state index in [0.29, 0.717) is 6.42 Å². The van der Waals surface area contributed by atoms with Crippen LogP contribution in [0.2, 0.25) is 0 Å². The van der Waals surface area contributed by atoms with Gasteiger partial charge >= 0.3 is 5.97 Å². The second-order valence-corrected chi connectivity index (χ2v) is 7.68. The van der Waals surface area contributed by atoms with E-state index in [1.54, 1.807) is 0 Å². The standard InChI is InChI=1S/C26H32N2O2/c1-30-25(29)18-12-4-2-3-5-13-21-28-24(19-20-27-28)26(22-14-8-6-9-15-22)23-16-10-7-11-17-23/h6-11,14-17,19-20,26H,2-5,12-13,18,21H2,1H3. The van der Waals surface area contributed by atoms with Gasteiger partial charge in [-0.25, -0.2) is 0 Å². The molecule has 0 radical (unpaired) electrons. The Bertz CT molecular complexity index is 835. The number of aryl methyl sites for hydroxylation is 1. The van der Waals surface area contributed by atoms with E-state index in [0.717, 1.165) is 25.8 Å². The van der Waals surface area contributed by atoms with Gasteiger partial charge in [0.2, 0.25) is 0 Å². The Morgan fingerprint density at radius 3 is 2.00 bits per heavy atom. The van der Waals surface area contributed by atoms with Crippen molar-refractivity contribution in [3.05, 3.63) is 89.7 Å². The molecule has 4 nitrogen and oxygen atoms in total. The summed E-state index contributed by atoms with van der Waals surface area (Å²) < 4.78 is 6.85. The zero-order valence-corrected chi connectivity index (χ0v) is 17.9. The van der Waals surface area contributed by atoms with Crippen molar-refractivity contribution in [2.24, 2.45) is 0 Å². The van der Waals surface area contributed by atoms with E-state index >= 15 is 0 Å². The van der Waals surface area contributed by atoms with Crippen molar-refractivity contribution >= 4 is 5.97 Å². The molecule has 0 N–H and O–H groups in total. The SMILES string of the molecule is COC(=O)CCCCCCCCn1nccc1C(c1ccccc1)c1ccccc1. The molecule has 4 heteroatoms. The van der Waals surface area contributed by atoms with E-state index in [9.17, 15) is 4.79 Å². The van der Waals surface area contributed by atoms with E-state index in [-0.39, 0.29) is 11.9 Å². The van der Waals surface area contributed by atoms with Gasteiger partial charge in [0, 0.05) is 19.2 Å². The van der Waals surface area contributed by atoms with Crippen molar-refractivity contribution < 1.29 is 9.53 Å².